The van der Waals surface area contributed by atoms with Gasteiger partial charge in [0.05, 0.1) is 5.69 Å². The number of aryl methyl sites for hydroxylation is 1. The van der Waals surface area contributed by atoms with Crippen LogP contribution < -0.4 is 5.56 Å². The Labute approximate surface area is 159 Å². The van der Waals surface area contributed by atoms with E-state index in [0.717, 1.165) is 51.1 Å². The fourth-order valence-electron chi connectivity index (χ4n) is 4.22. The van der Waals surface area contributed by atoms with E-state index in [1.54, 1.807) is 6.07 Å². The summed E-state index contributed by atoms with van der Waals surface area (Å²) in [5, 5.41) is 6.39. The second-order valence-corrected chi connectivity index (χ2v) is 7.51. The van der Waals surface area contributed by atoms with Crippen LogP contribution in [0.2, 0.25) is 0 Å². The molecule has 0 spiro atoms. The number of amides is 1. The van der Waals surface area contributed by atoms with Crippen LogP contribution in [-0.4, -0.2) is 51.6 Å². The fraction of sp³-hybridized carbons (Fsp3) is 0.476. The minimum Gasteiger partial charge on any atom is -0.343 e. The molecule has 1 amide bonds. The second kappa shape index (κ2) is 8.05. The van der Waals surface area contributed by atoms with Crippen molar-refractivity contribution in [2.75, 3.05) is 19.6 Å². The number of H-pyrrole nitrogens is 1. The van der Waals surface area contributed by atoms with Crippen LogP contribution in [-0.2, 0) is 24.2 Å². The van der Waals surface area contributed by atoms with E-state index in [0.29, 0.717) is 18.9 Å². The maximum atomic E-state index is 12.5. The normalized spacial score (nSPS) is 18.3. The lowest BCUT2D eigenvalue weighted by Crippen LogP contribution is -2.48. The van der Waals surface area contributed by atoms with Gasteiger partial charge in [-0.2, -0.15) is 5.10 Å². The molecule has 3 heterocycles. The predicted molar refractivity (Wildman–Crippen MR) is 103 cm³/mol. The highest BCUT2D eigenvalue weighted by molar-refractivity contribution is 5.76. The van der Waals surface area contributed by atoms with Crippen LogP contribution in [0.25, 0.3) is 0 Å². The summed E-state index contributed by atoms with van der Waals surface area (Å²) in [6, 6.07) is 12.4. The van der Waals surface area contributed by atoms with Gasteiger partial charge in [0, 0.05) is 51.1 Å². The van der Waals surface area contributed by atoms with Crippen molar-refractivity contribution in [3.05, 3.63) is 63.6 Å². The zero-order valence-corrected chi connectivity index (χ0v) is 15.6. The first-order valence-electron chi connectivity index (χ1n) is 9.82. The van der Waals surface area contributed by atoms with Crippen molar-refractivity contribution in [2.45, 2.75) is 44.7 Å². The van der Waals surface area contributed by atoms with Crippen molar-refractivity contribution in [1.82, 2.24) is 20.0 Å². The van der Waals surface area contributed by atoms with Crippen molar-refractivity contribution in [1.29, 1.82) is 0 Å². The van der Waals surface area contributed by atoms with Gasteiger partial charge in [-0.1, -0.05) is 24.3 Å². The standard InChI is InChI=1S/C21H26N4O2/c26-20-7-5-18(22-23-20)6-8-21(27)24-13-10-19(11-14-24)25-12-9-16-3-1-2-4-17(16)15-25/h1-5,7,19H,6,8-15H2,(H,23,26). The summed E-state index contributed by atoms with van der Waals surface area (Å²) >= 11 is 0. The lowest BCUT2D eigenvalue weighted by molar-refractivity contribution is -0.132. The zero-order chi connectivity index (χ0) is 18.6. The van der Waals surface area contributed by atoms with Gasteiger partial charge in [0.25, 0.3) is 5.56 Å². The largest absolute Gasteiger partial charge is 0.343 e. The Morgan fingerprint density at radius 3 is 2.59 bits per heavy atom. The SMILES string of the molecule is O=C(CCc1ccc(=O)[nH]n1)N1CCC(N2CCc3ccccc3C2)CC1. The topological polar surface area (TPSA) is 69.3 Å². The molecule has 6 heteroatoms. The van der Waals surface area contributed by atoms with Gasteiger partial charge in [0.2, 0.25) is 5.91 Å². The van der Waals surface area contributed by atoms with Crippen LogP contribution in [0, 0.1) is 0 Å². The third kappa shape index (κ3) is 4.27. The molecule has 1 aromatic carbocycles. The van der Waals surface area contributed by atoms with Crippen LogP contribution >= 0.6 is 0 Å². The van der Waals surface area contributed by atoms with Crippen molar-refractivity contribution < 1.29 is 4.79 Å². The van der Waals surface area contributed by atoms with Crippen LogP contribution in [0.15, 0.2) is 41.2 Å². The maximum absolute atomic E-state index is 12.5. The van der Waals surface area contributed by atoms with Crippen LogP contribution in [0.4, 0.5) is 0 Å². The number of fused-ring (bicyclic) bond motifs is 1. The number of nitrogens with one attached hydrogen (secondary N) is 1. The van der Waals surface area contributed by atoms with E-state index in [1.807, 2.05) is 4.90 Å². The summed E-state index contributed by atoms with van der Waals surface area (Å²) in [4.78, 5) is 28.1. The highest BCUT2D eigenvalue weighted by Gasteiger charge is 2.28. The molecule has 1 aromatic heterocycles. The molecule has 4 rings (SSSR count). The van der Waals surface area contributed by atoms with Gasteiger partial charge in [-0.3, -0.25) is 14.5 Å². The van der Waals surface area contributed by atoms with E-state index in [4.69, 9.17) is 0 Å². The van der Waals surface area contributed by atoms with E-state index < -0.39 is 0 Å². The number of carbonyl (C=O) groups is 1. The number of hydrogen-bond donors (Lipinski definition) is 1. The highest BCUT2D eigenvalue weighted by atomic mass is 16.2. The van der Waals surface area contributed by atoms with Gasteiger partial charge in [0.1, 0.15) is 0 Å². The monoisotopic (exact) mass is 366 g/mol. The van der Waals surface area contributed by atoms with Crippen LogP contribution in [0.3, 0.4) is 0 Å². The average Bonchev–Trinajstić information content (AvgIpc) is 2.73. The van der Waals surface area contributed by atoms with Gasteiger partial charge in [-0.15, -0.1) is 0 Å². The van der Waals surface area contributed by atoms with Gasteiger partial charge < -0.3 is 4.90 Å². The molecule has 0 atom stereocenters. The Kier molecular flexibility index (Phi) is 5.34. The molecule has 2 aliphatic rings. The molecular weight excluding hydrogens is 340 g/mol. The van der Waals surface area contributed by atoms with Gasteiger partial charge in [-0.25, -0.2) is 5.10 Å². The minimum absolute atomic E-state index is 0.186. The molecule has 27 heavy (non-hydrogen) atoms. The van der Waals surface area contributed by atoms with Crippen molar-refractivity contribution in [3.8, 4) is 0 Å². The molecule has 0 aliphatic carbocycles. The van der Waals surface area contributed by atoms with Crippen LogP contribution in [0.1, 0.15) is 36.1 Å². The van der Waals surface area contributed by atoms with Crippen molar-refractivity contribution in [3.63, 3.8) is 0 Å². The van der Waals surface area contributed by atoms with Crippen LogP contribution in [0.5, 0.6) is 0 Å². The quantitative estimate of drug-likeness (QED) is 0.895. The number of benzene rings is 1. The Bertz CT molecular complexity index is 835. The Hall–Kier alpha value is -2.47. The molecular formula is C21H26N4O2. The minimum atomic E-state index is -0.215. The second-order valence-electron chi connectivity index (χ2n) is 7.51. The molecule has 0 bridgehead atoms. The lowest BCUT2D eigenvalue weighted by atomic mass is 9.95. The number of nitrogens with zero attached hydrogens (tertiary/aromatic N) is 3. The van der Waals surface area contributed by atoms with E-state index in [-0.39, 0.29) is 11.5 Å². The molecule has 0 unspecified atom stereocenters. The molecule has 142 valence electrons. The van der Waals surface area contributed by atoms with Gasteiger partial charge in [0.15, 0.2) is 0 Å². The summed E-state index contributed by atoms with van der Waals surface area (Å²) < 4.78 is 0. The summed E-state index contributed by atoms with van der Waals surface area (Å²) in [5.41, 5.74) is 3.48. The molecule has 0 saturated carbocycles. The summed E-state index contributed by atoms with van der Waals surface area (Å²) in [7, 11) is 0. The summed E-state index contributed by atoms with van der Waals surface area (Å²) in [6.07, 6.45) is 4.23. The molecule has 1 N–H and O–H groups in total. The fourth-order valence-corrected chi connectivity index (χ4v) is 4.22. The first-order chi connectivity index (χ1) is 13.2. The molecule has 2 aromatic rings. The van der Waals surface area contributed by atoms with Crippen molar-refractivity contribution >= 4 is 5.91 Å². The highest BCUT2D eigenvalue weighted by Crippen LogP contribution is 2.25. The summed E-state index contributed by atoms with van der Waals surface area (Å²) in [6.45, 7) is 3.82. The smallest absolute Gasteiger partial charge is 0.264 e. The third-order valence-corrected chi connectivity index (χ3v) is 5.83. The third-order valence-electron chi connectivity index (χ3n) is 5.83. The Morgan fingerprint density at radius 2 is 1.85 bits per heavy atom. The number of carbonyl (C=O) groups excluding carboxylic acids is 1. The molecule has 1 fully saturated rings. The number of likely N-dealkylation sites (tertiary alicyclic amines) is 1. The average molecular weight is 366 g/mol. The Balaban J connectivity index is 1.26. The maximum Gasteiger partial charge on any atom is 0.264 e. The predicted octanol–water partition coefficient (Wildman–Crippen LogP) is 1.75. The van der Waals surface area contributed by atoms with Gasteiger partial charge in [-0.05, 0) is 36.5 Å². The number of piperidine rings is 1. The molecule has 6 nitrogen and oxygen atoms in total. The van der Waals surface area contributed by atoms with E-state index in [9.17, 15) is 9.59 Å². The van der Waals surface area contributed by atoms with E-state index in [1.165, 1.54) is 17.2 Å². The number of aromatic amines is 1. The first-order valence-corrected chi connectivity index (χ1v) is 9.82. The van der Waals surface area contributed by atoms with Gasteiger partial charge >= 0.3 is 0 Å². The number of hydrogen-bond acceptors (Lipinski definition) is 4. The number of rotatable bonds is 4. The molecule has 2 aliphatic heterocycles. The number of aromatic nitrogens is 2. The Morgan fingerprint density at radius 1 is 1.07 bits per heavy atom. The molecule has 0 radical (unpaired) electrons. The van der Waals surface area contributed by atoms with E-state index in [2.05, 4.69) is 39.4 Å². The summed E-state index contributed by atoms with van der Waals surface area (Å²) in [5.74, 6) is 0.186. The molecule has 1 saturated heterocycles. The lowest BCUT2D eigenvalue weighted by Gasteiger charge is -2.40. The zero-order valence-electron chi connectivity index (χ0n) is 15.6. The first kappa shape index (κ1) is 17.9. The van der Waals surface area contributed by atoms with Crippen molar-refractivity contribution in [2.24, 2.45) is 0 Å². The van der Waals surface area contributed by atoms with E-state index >= 15 is 0 Å².